The Morgan fingerprint density at radius 1 is 1.19 bits per heavy atom. The normalized spacial score (nSPS) is 16.8. The van der Waals surface area contributed by atoms with Crippen molar-refractivity contribution in [3.05, 3.63) is 88.2 Å². The first-order chi connectivity index (χ1) is 20.0. The van der Waals surface area contributed by atoms with Gasteiger partial charge in [0.25, 0.3) is 0 Å². The van der Waals surface area contributed by atoms with E-state index in [9.17, 15) is 23.9 Å². The van der Waals surface area contributed by atoms with E-state index in [4.69, 9.17) is 26.3 Å². The van der Waals surface area contributed by atoms with Gasteiger partial charge in [0.1, 0.15) is 22.9 Å². The largest absolute Gasteiger partial charge is 0.507 e. The molecule has 1 aliphatic heterocycles. The number of hydrogen-bond donors (Lipinski definition) is 4. The van der Waals surface area contributed by atoms with Crippen LogP contribution in [0.5, 0.6) is 17.2 Å². The number of phenols is 1. The van der Waals surface area contributed by atoms with Crippen LogP contribution in [0.15, 0.2) is 65.8 Å². The highest BCUT2D eigenvalue weighted by atomic mass is 35.5. The first-order valence-electron chi connectivity index (χ1n) is 12.8. The average molecular weight is 599 g/mol. The molecule has 3 aromatic carbocycles. The average Bonchev–Trinajstić information content (AvgIpc) is 3.11. The minimum absolute atomic E-state index is 0.101. The zero-order chi connectivity index (χ0) is 30.4. The molecular formula is C29H28ClFN4O7. The molecule has 1 fully saturated rings. The first-order valence-corrected chi connectivity index (χ1v) is 13.2. The van der Waals surface area contributed by atoms with E-state index in [0.717, 1.165) is 4.90 Å². The number of methoxy groups -OCH3 is 1. The zero-order valence-corrected chi connectivity index (χ0v) is 23.4. The fourth-order valence-corrected chi connectivity index (χ4v) is 4.54. The molecule has 220 valence electrons. The van der Waals surface area contributed by atoms with Crippen LogP contribution in [0.3, 0.4) is 0 Å². The van der Waals surface area contributed by atoms with E-state index >= 15 is 0 Å². The first kappa shape index (κ1) is 30.1. The molecule has 4 rings (SSSR count). The maximum absolute atomic E-state index is 13.7. The number of urea groups is 1. The predicted molar refractivity (Wildman–Crippen MR) is 151 cm³/mol. The summed E-state index contributed by atoms with van der Waals surface area (Å²) in [7, 11) is 1.50. The topological polar surface area (TPSA) is 150 Å². The second-order valence-electron chi connectivity index (χ2n) is 9.50. The molecule has 1 aliphatic rings. The Kier molecular flexibility index (Phi) is 9.48. The quantitative estimate of drug-likeness (QED) is 0.280. The molecule has 3 amide bonds. The van der Waals surface area contributed by atoms with Crippen LogP contribution in [0.1, 0.15) is 34.5 Å². The Balaban J connectivity index is 1.59. The van der Waals surface area contributed by atoms with Gasteiger partial charge in [0.05, 0.1) is 25.6 Å². The van der Waals surface area contributed by atoms with Crippen LogP contribution in [0, 0.1) is 11.7 Å². The number of aromatic hydroxyl groups is 1. The number of carbonyl (C=O) groups excluding carboxylic acids is 2. The molecule has 4 N–H and O–H groups in total. The van der Waals surface area contributed by atoms with Crippen LogP contribution >= 0.6 is 11.6 Å². The molecule has 0 spiro atoms. The lowest BCUT2D eigenvalue weighted by atomic mass is 9.97. The van der Waals surface area contributed by atoms with E-state index in [1.807, 2.05) is 0 Å². The van der Waals surface area contributed by atoms with Crippen LogP contribution in [0.25, 0.3) is 0 Å². The highest BCUT2D eigenvalue weighted by molar-refractivity contribution is 6.30. The summed E-state index contributed by atoms with van der Waals surface area (Å²) in [5, 5.41) is 29.5. The van der Waals surface area contributed by atoms with Crippen molar-refractivity contribution in [1.82, 2.24) is 15.5 Å². The maximum atomic E-state index is 13.7. The second kappa shape index (κ2) is 13.2. The number of carboxylic acid groups (broad SMARTS) is 1. The smallest absolute Gasteiger partial charge is 0.339 e. The summed E-state index contributed by atoms with van der Waals surface area (Å²) in [6.45, 7) is 1.45. The van der Waals surface area contributed by atoms with Crippen molar-refractivity contribution in [3.8, 4) is 17.2 Å². The number of amidine groups is 1. The number of nitrogens with zero attached hydrogens (tertiary/aromatic N) is 2. The molecule has 2 atom stereocenters. The fourth-order valence-electron chi connectivity index (χ4n) is 4.35. The van der Waals surface area contributed by atoms with Gasteiger partial charge >= 0.3 is 12.0 Å². The van der Waals surface area contributed by atoms with Gasteiger partial charge in [-0.15, -0.1) is 0 Å². The zero-order valence-electron chi connectivity index (χ0n) is 22.6. The van der Waals surface area contributed by atoms with Crippen LogP contribution < -0.4 is 20.2 Å². The summed E-state index contributed by atoms with van der Waals surface area (Å²) in [5.41, 5.74) is 0.795. The minimum Gasteiger partial charge on any atom is -0.507 e. The summed E-state index contributed by atoms with van der Waals surface area (Å²) < 4.78 is 18.7. The van der Waals surface area contributed by atoms with Crippen molar-refractivity contribution < 1.29 is 38.6 Å². The lowest BCUT2D eigenvalue weighted by Crippen LogP contribution is -2.48. The minimum atomic E-state index is -1.30. The molecule has 0 bridgehead atoms. The number of ether oxygens (including phenoxy) is 1. The number of benzene rings is 3. The van der Waals surface area contributed by atoms with Gasteiger partial charge in [-0.1, -0.05) is 22.8 Å². The molecule has 11 nitrogen and oxygen atoms in total. The molecule has 13 heteroatoms. The number of nitrogens with one attached hydrogen (secondary N) is 2. The van der Waals surface area contributed by atoms with Gasteiger partial charge in [0.2, 0.25) is 5.91 Å². The Labute approximate surface area is 245 Å². The Bertz CT molecular complexity index is 1520. The van der Waals surface area contributed by atoms with Crippen molar-refractivity contribution in [2.75, 3.05) is 20.2 Å². The van der Waals surface area contributed by atoms with Crippen molar-refractivity contribution >= 4 is 35.3 Å². The third-order valence-corrected chi connectivity index (χ3v) is 6.83. The number of rotatable bonds is 8. The van der Waals surface area contributed by atoms with E-state index in [2.05, 4.69) is 15.8 Å². The highest BCUT2D eigenvalue weighted by Gasteiger charge is 2.35. The number of aromatic carboxylic acids is 1. The van der Waals surface area contributed by atoms with Gasteiger partial charge in [-0.2, -0.15) is 0 Å². The summed E-state index contributed by atoms with van der Waals surface area (Å²) in [6, 6.07) is 12.7. The highest BCUT2D eigenvalue weighted by Crippen LogP contribution is 2.27. The summed E-state index contributed by atoms with van der Waals surface area (Å²) in [5.74, 6) is -2.51. The summed E-state index contributed by atoms with van der Waals surface area (Å²) >= 11 is 6.19. The van der Waals surface area contributed by atoms with E-state index in [1.165, 1.54) is 49.6 Å². The lowest BCUT2D eigenvalue weighted by molar-refractivity contribution is -0.131. The third kappa shape index (κ3) is 7.26. The number of oxime groups is 1. The number of carbonyl (C=O) groups is 3. The number of imide groups is 1. The maximum Gasteiger partial charge on any atom is 0.339 e. The molecule has 0 radical (unpaired) electrons. The number of halogens is 2. The number of carboxylic acids is 1. The Morgan fingerprint density at radius 3 is 2.60 bits per heavy atom. The summed E-state index contributed by atoms with van der Waals surface area (Å²) in [4.78, 5) is 44.8. The standard InChI is InChI=1S/C29H28ClFN4O7/c1-16(17-3-9-23(28(38)39)24(36)13-17)33-29(40)35-15-26(34-42-22-7-5-21(31)6-8-22)32-14-19(27(35)37)11-18-12-20(30)4-10-25(18)41-2/h3-10,12-13,16,19,36H,11,14-15H2,1-2H3,(H,32,34)(H,33,40)(H,38,39)/t16?,19-/m1/s1. The van der Waals surface area contributed by atoms with Gasteiger partial charge in [-0.25, -0.2) is 14.0 Å². The van der Waals surface area contributed by atoms with Gasteiger partial charge < -0.3 is 30.4 Å². The third-order valence-electron chi connectivity index (χ3n) is 6.60. The van der Waals surface area contributed by atoms with Gasteiger partial charge in [0.15, 0.2) is 11.6 Å². The van der Waals surface area contributed by atoms with E-state index in [0.29, 0.717) is 21.9 Å². The fraction of sp³-hybridized carbons (Fsp3) is 0.241. The Morgan fingerprint density at radius 2 is 1.93 bits per heavy atom. The molecule has 1 heterocycles. The summed E-state index contributed by atoms with van der Waals surface area (Å²) in [6.07, 6.45) is 0.186. The SMILES string of the molecule is COc1ccc(Cl)cc1C[C@@H]1CN/C(=N\Oc2ccc(F)cc2)CN(C(=O)NC(C)c2ccc(C(=O)O)c(O)c2)C1=O. The van der Waals surface area contributed by atoms with E-state index in [-0.39, 0.29) is 36.7 Å². The molecule has 42 heavy (non-hydrogen) atoms. The molecule has 1 saturated heterocycles. The van der Waals surface area contributed by atoms with Crippen molar-refractivity contribution in [2.24, 2.45) is 11.1 Å². The van der Waals surface area contributed by atoms with Crippen LogP contribution in [-0.4, -0.2) is 59.1 Å². The lowest BCUT2D eigenvalue weighted by Gasteiger charge is -2.25. The molecule has 0 aliphatic carbocycles. The molecule has 0 aromatic heterocycles. The van der Waals surface area contributed by atoms with Gasteiger partial charge in [0, 0.05) is 11.6 Å². The van der Waals surface area contributed by atoms with Crippen molar-refractivity contribution in [3.63, 3.8) is 0 Å². The van der Waals surface area contributed by atoms with Crippen LogP contribution in [0.2, 0.25) is 5.02 Å². The van der Waals surface area contributed by atoms with E-state index < -0.39 is 41.4 Å². The molecular weight excluding hydrogens is 571 g/mol. The molecule has 0 saturated carbocycles. The second-order valence-corrected chi connectivity index (χ2v) is 9.94. The molecule has 1 unspecified atom stereocenters. The van der Waals surface area contributed by atoms with Gasteiger partial charge in [-0.05, 0) is 79.1 Å². The predicted octanol–water partition coefficient (Wildman–Crippen LogP) is 4.35. The number of amides is 3. The van der Waals surface area contributed by atoms with E-state index in [1.54, 1.807) is 25.1 Å². The number of hydrogen-bond acceptors (Lipinski definition) is 7. The van der Waals surface area contributed by atoms with Crippen molar-refractivity contribution in [2.45, 2.75) is 19.4 Å². The Hall–Kier alpha value is -4.84. The molecule has 3 aromatic rings. The monoisotopic (exact) mass is 598 g/mol. The van der Waals surface area contributed by atoms with Gasteiger partial charge in [-0.3, -0.25) is 9.69 Å². The van der Waals surface area contributed by atoms with Crippen molar-refractivity contribution in [1.29, 1.82) is 0 Å². The van der Waals surface area contributed by atoms with Crippen LogP contribution in [0.4, 0.5) is 9.18 Å². The van der Waals surface area contributed by atoms with Crippen LogP contribution in [-0.2, 0) is 11.2 Å².